The number of esters is 1. The van der Waals surface area contributed by atoms with E-state index in [1.165, 1.54) is 0 Å². The summed E-state index contributed by atoms with van der Waals surface area (Å²) in [7, 11) is 0. The molecule has 0 bridgehead atoms. The number of ether oxygens (including phenoxy) is 1. The van der Waals surface area contributed by atoms with Crippen LogP contribution >= 0.6 is 0 Å². The Bertz CT molecular complexity index is 283. The number of nitrogens with two attached hydrogens (primary N) is 1. The van der Waals surface area contributed by atoms with Gasteiger partial charge in [0.25, 0.3) is 0 Å². The number of carbonyl (C=O) groups excluding carboxylic acids is 2. The molecule has 0 aliphatic heterocycles. The van der Waals surface area contributed by atoms with Crippen molar-refractivity contribution in [2.24, 2.45) is 5.73 Å². The Morgan fingerprint density at radius 1 is 1.47 bits per heavy atom. The number of carbonyl (C=O) groups is 2. The minimum Gasteiger partial charge on any atom is -0.464 e. The molecule has 3 atom stereocenters. The van der Waals surface area contributed by atoms with E-state index in [0.29, 0.717) is 12.8 Å². The molecule has 0 heterocycles. The Balaban J connectivity index is 2.44. The largest absolute Gasteiger partial charge is 0.464 e. The summed E-state index contributed by atoms with van der Waals surface area (Å²) in [6.45, 7) is 1.83. The van der Waals surface area contributed by atoms with Crippen molar-refractivity contribution >= 4 is 11.9 Å². The van der Waals surface area contributed by atoms with Gasteiger partial charge in [0, 0.05) is 0 Å². The Labute approximate surface area is 101 Å². The predicted molar refractivity (Wildman–Crippen MR) is 61.0 cm³/mol. The predicted octanol–water partition coefficient (Wildman–Crippen LogP) is -0.703. The lowest BCUT2D eigenvalue weighted by Gasteiger charge is -2.28. The van der Waals surface area contributed by atoms with E-state index < -0.39 is 24.0 Å². The highest BCUT2D eigenvalue weighted by Crippen LogP contribution is 2.18. The Morgan fingerprint density at radius 3 is 2.71 bits per heavy atom. The van der Waals surface area contributed by atoms with Crippen LogP contribution in [0.2, 0.25) is 0 Å². The molecule has 98 valence electrons. The van der Waals surface area contributed by atoms with Crippen LogP contribution in [0, 0.1) is 0 Å². The van der Waals surface area contributed by atoms with Gasteiger partial charge in [-0.05, 0) is 19.8 Å². The third-order valence-electron chi connectivity index (χ3n) is 2.88. The van der Waals surface area contributed by atoms with E-state index in [4.69, 9.17) is 5.73 Å². The fraction of sp³-hybridized carbons (Fsp3) is 0.818. The molecular weight excluding hydrogens is 224 g/mol. The molecule has 1 aliphatic carbocycles. The number of aliphatic hydroxyl groups is 1. The molecule has 1 amide bonds. The Morgan fingerprint density at radius 2 is 2.12 bits per heavy atom. The van der Waals surface area contributed by atoms with E-state index in [1.807, 2.05) is 0 Å². The lowest BCUT2D eigenvalue weighted by molar-refractivity contribution is -0.148. The van der Waals surface area contributed by atoms with Gasteiger partial charge in [-0.2, -0.15) is 0 Å². The molecule has 17 heavy (non-hydrogen) atoms. The van der Waals surface area contributed by atoms with E-state index in [0.717, 1.165) is 12.8 Å². The van der Waals surface area contributed by atoms with Crippen LogP contribution in [0.15, 0.2) is 0 Å². The molecule has 0 aromatic carbocycles. The van der Waals surface area contributed by atoms with Crippen LogP contribution in [0.5, 0.6) is 0 Å². The maximum Gasteiger partial charge on any atom is 0.332 e. The summed E-state index contributed by atoms with van der Waals surface area (Å²) in [5.41, 5.74) is 5.44. The second kappa shape index (κ2) is 6.56. The van der Waals surface area contributed by atoms with Crippen molar-refractivity contribution < 1.29 is 19.4 Å². The van der Waals surface area contributed by atoms with Crippen LogP contribution in [0.3, 0.4) is 0 Å². The maximum absolute atomic E-state index is 11.6. The lowest BCUT2D eigenvalue weighted by Crippen LogP contribution is -2.53. The molecular formula is C11H20N2O4. The first-order chi connectivity index (χ1) is 8.06. The Kier molecular flexibility index (Phi) is 5.37. The molecule has 0 spiro atoms. The number of hydrogen-bond acceptors (Lipinski definition) is 5. The molecule has 6 heteroatoms. The van der Waals surface area contributed by atoms with Crippen molar-refractivity contribution in [3.05, 3.63) is 0 Å². The number of rotatable bonds is 4. The summed E-state index contributed by atoms with van der Waals surface area (Å²) in [5, 5.41) is 12.3. The van der Waals surface area contributed by atoms with Crippen LogP contribution in [0.1, 0.15) is 32.6 Å². The minimum absolute atomic E-state index is 0.186. The highest BCUT2D eigenvalue weighted by Gasteiger charge is 2.29. The molecule has 0 saturated heterocycles. The average molecular weight is 244 g/mol. The van der Waals surface area contributed by atoms with Gasteiger partial charge in [0.1, 0.15) is 0 Å². The number of nitrogens with one attached hydrogen (secondary N) is 1. The fourth-order valence-electron chi connectivity index (χ4n) is 1.89. The highest BCUT2D eigenvalue weighted by atomic mass is 16.5. The summed E-state index contributed by atoms with van der Waals surface area (Å²) in [5.74, 6) is -1.33. The van der Waals surface area contributed by atoms with Gasteiger partial charge in [-0.15, -0.1) is 0 Å². The van der Waals surface area contributed by atoms with Gasteiger partial charge in [0.2, 0.25) is 5.91 Å². The Hall–Kier alpha value is -1.14. The number of amides is 1. The molecule has 1 aliphatic rings. The quantitative estimate of drug-likeness (QED) is 0.448. The summed E-state index contributed by atoms with van der Waals surface area (Å²) < 4.78 is 4.65. The highest BCUT2D eigenvalue weighted by molar-refractivity contribution is 6.01. The molecule has 6 nitrogen and oxygen atoms in total. The van der Waals surface area contributed by atoms with Gasteiger partial charge in [-0.3, -0.25) is 4.79 Å². The summed E-state index contributed by atoms with van der Waals surface area (Å²) in [6.07, 6.45) is 2.73. The lowest BCUT2D eigenvalue weighted by atomic mass is 9.92. The van der Waals surface area contributed by atoms with Crippen LogP contribution in [-0.4, -0.2) is 41.8 Å². The van der Waals surface area contributed by atoms with E-state index in [-0.39, 0.29) is 12.6 Å². The zero-order valence-electron chi connectivity index (χ0n) is 10.0. The second-order valence-electron chi connectivity index (χ2n) is 4.20. The van der Waals surface area contributed by atoms with Gasteiger partial charge < -0.3 is 20.9 Å². The van der Waals surface area contributed by atoms with Gasteiger partial charge in [0.05, 0.1) is 18.8 Å². The molecule has 1 saturated carbocycles. The zero-order valence-corrected chi connectivity index (χ0v) is 10.0. The van der Waals surface area contributed by atoms with E-state index in [9.17, 15) is 14.7 Å². The zero-order chi connectivity index (χ0) is 12.8. The van der Waals surface area contributed by atoms with Crippen molar-refractivity contribution in [3.63, 3.8) is 0 Å². The molecule has 1 fully saturated rings. The van der Waals surface area contributed by atoms with Crippen molar-refractivity contribution in [1.29, 1.82) is 0 Å². The van der Waals surface area contributed by atoms with Crippen LogP contribution < -0.4 is 11.1 Å². The summed E-state index contributed by atoms with van der Waals surface area (Å²) >= 11 is 0. The first-order valence-electron chi connectivity index (χ1n) is 5.97. The van der Waals surface area contributed by atoms with Gasteiger partial charge >= 0.3 is 5.97 Å². The maximum atomic E-state index is 11.6. The number of aliphatic hydroxyl groups excluding tert-OH is 1. The third-order valence-corrected chi connectivity index (χ3v) is 2.88. The first-order valence-corrected chi connectivity index (χ1v) is 5.97. The van der Waals surface area contributed by atoms with Gasteiger partial charge in [-0.1, -0.05) is 12.8 Å². The standard InChI is InChI=1S/C11H20N2O4/c1-2-17-11(16)9(12)10(15)13-7-5-3-4-6-8(7)14/h7-9,14H,2-6,12H2,1H3,(H,13,15). The summed E-state index contributed by atoms with van der Waals surface area (Å²) in [4.78, 5) is 22.9. The minimum atomic E-state index is -1.32. The third kappa shape index (κ3) is 3.98. The smallest absolute Gasteiger partial charge is 0.332 e. The van der Waals surface area contributed by atoms with Gasteiger partial charge in [0.15, 0.2) is 6.04 Å². The molecule has 0 aromatic heterocycles. The monoisotopic (exact) mass is 244 g/mol. The van der Waals surface area contributed by atoms with Gasteiger partial charge in [-0.25, -0.2) is 4.79 Å². The SMILES string of the molecule is CCOC(=O)C(N)C(=O)NC1CCCCC1O. The van der Waals surface area contributed by atoms with Crippen molar-refractivity contribution in [2.45, 2.75) is 50.8 Å². The van der Waals surface area contributed by atoms with Crippen LogP contribution in [0.4, 0.5) is 0 Å². The topological polar surface area (TPSA) is 102 Å². The van der Waals surface area contributed by atoms with Crippen LogP contribution in [-0.2, 0) is 14.3 Å². The van der Waals surface area contributed by atoms with Crippen molar-refractivity contribution in [1.82, 2.24) is 5.32 Å². The van der Waals surface area contributed by atoms with Crippen LogP contribution in [0.25, 0.3) is 0 Å². The fourth-order valence-corrected chi connectivity index (χ4v) is 1.89. The van der Waals surface area contributed by atoms with E-state index in [1.54, 1.807) is 6.92 Å². The van der Waals surface area contributed by atoms with Crippen molar-refractivity contribution in [3.8, 4) is 0 Å². The van der Waals surface area contributed by atoms with E-state index in [2.05, 4.69) is 10.1 Å². The first kappa shape index (κ1) is 13.9. The van der Waals surface area contributed by atoms with E-state index >= 15 is 0 Å². The molecule has 0 aromatic rings. The normalized spacial score (nSPS) is 26.1. The molecule has 1 rings (SSSR count). The number of hydrogen-bond donors (Lipinski definition) is 3. The average Bonchev–Trinajstić information content (AvgIpc) is 2.31. The molecule has 0 radical (unpaired) electrons. The summed E-state index contributed by atoms with van der Waals surface area (Å²) in [6, 6.07) is -1.62. The molecule has 4 N–H and O–H groups in total. The second-order valence-corrected chi connectivity index (χ2v) is 4.20. The molecule has 3 unspecified atom stereocenters. The van der Waals surface area contributed by atoms with Crippen molar-refractivity contribution in [2.75, 3.05) is 6.61 Å².